The molecule has 20 heavy (non-hydrogen) atoms. The number of benzene rings is 1. The molecule has 0 saturated carbocycles. The molecule has 4 nitrogen and oxygen atoms in total. The molecule has 1 aliphatic heterocycles. The molecule has 0 atom stereocenters. The van der Waals surface area contributed by atoms with Crippen LogP contribution in [0.25, 0.3) is 0 Å². The molecule has 3 rings (SSSR count). The van der Waals surface area contributed by atoms with Gasteiger partial charge in [0.1, 0.15) is 5.75 Å². The first-order valence-corrected chi connectivity index (χ1v) is 6.27. The van der Waals surface area contributed by atoms with Gasteiger partial charge in [-0.3, -0.25) is 0 Å². The van der Waals surface area contributed by atoms with Crippen molar-refractivity contribution in [3.05, 3.63) is 42.0 Å². The average molecular weight is 277 g/mol. The molecule has 0 spiro atoms. The number of aromatic nitrogens is 1. The first-order valence-electron chi connectivity index (χ1n) is 6.27. The van der Waals surface area contributed by atoms with E-state index >= 15 is 0 Å². The van der Waals surface area contributed by atoms with E-state index in [1.54, 1.807) is 17.0 Å². The van der Waals surface area contributed by atoms with Gasteiger partial charge in [-0.25, -0.2) is 13.8 Å². The van der Waals surface area contributed by atoms with Crippen LogP contribution in [0, 0.1) is 11.6 Å². The topological polar surface area (TPSA) is 51.4 Å². The van der Waals surface area contributed by atoms with E-state index in [9.17, 15) is 8.78 Å². The van der Waals surface area contributed by atoms with E-state index in [1.807, 2.05) is 12.1 Å². The molecule has 0 fully saturated rings. The summed E-state index contributed by atoms with van der Waals surface area (Å²) in [4.78, 5) is 5.49. The summed E-state index contributed by atoms with van der Waals surface area (Å²) in [5.41, 5.74) is 6.14. The van der Waals surface area contributed by atoms with Gasteiger partial charge >= 0.3 is 0 Å². The van der Waals surface area contributed by atoms with Crippen LogP contribution >= 0.6 is 0 Å². The molecule has 6 heteroatoms. The largest absolute Gasteiger partial charge is 0.491 e. The highest BCUT2D eigenvalue weighted by molar-refractivity contribution is 5.68. The smallest absolute Gasteiger partial charge is 0.171 e. The second-order valence-electron chi connectivity index (χ2n) is 4.48. The summed E-state index contributed by atoms with van der Waals surface area (Å²) in [6.07, 6.45) is 0.701. The highest BCUT2D eigenvalue weighted by atomic mass is 19.1. The van der Waals surface area contributed by atoms with Crippen molar-refractivity contribution in [2.75, 3.05) is 23.8 Å². The lowest BCUT2D eigenvalue weighted by molar-refractivity contribution is 0.322. The highest BCUT2D eigenvalue weighted by Crippen LogP contribution is 2.36. The highest BCUT2D eigenvalue weighted by Gasteiger charge is 2.22. The number of ether oxygens (including phenoxy) is 1. The van der Waals surface area contributed by atoms with Crippen molar-refractivity contribution in [1.82, 2.24) is 4.98 Å². The zero-order valence-corrected chi connectivity index (χ0v) is 10.6. The van der Waals surface area contributed by atoms with Crippen LogP contribution in [-0.2, 0) is 0 Å². The lowest BCUT2D eigenvalue weighted by Gasteiger charge is -2.23. The molecule has 1 aromatic heterocycles. The Hall–Kier alpha value is -2.37. The first-order chi connectivity index (χ1) is 9.66. The fraction of sp³-hybridized carbons (Fsp3) is 0.214. The lowest BCUT2D eigenvalue weighted by atomic mass is 10.2. The normalized spacial score (nSPS) is 14.4. The Bertz CT molecular complexity index is 648. The number of anilines is 3. The van der Waals surface area contributed by atoms with Crippen LogP contribution in [0.5, 0.6) is 5.75 Å². The van der Waals surface area contributed by atoms with E-state index in [4.69, 9.17) is 10.5 Å². The minimum Gasteiger partial charge on any atom is -0.491 e. The van der Waals surface area contributed by atoms with Crippen LogP contribution in [0.4, 0.5) is 26.1 Å². The Labute approximate surface area is 114 Å². The zero-order valence-electron chi connectivity index (χ0n) is 10.6. The van der Waals surface area contributed by atoms with Crippen LogP contribution in [0.15, 0.2) is 30.3 Å². The standard InChI is InChI=1S/C14H13F2N3O/c15-9-8-10(16)14(18-13(9)17)19-6-3-7-20-12-5-2-1-4-11(12)19/h1-2,4-5,8H,3,6-7H2,(H2,17,18). The zero-order chi connectivity index (χ0) is 14.1. The van der Waals surface area contributed by atoms with Gasteiger partial charge in [-0.2, -0.15) is 0 Å². The summed E-state index contributed by atoms with van der Waals surface area (Å²) in [6.45, 7) is 1.05. The van der Waals surface area contributed by atoms with Crippen LogP contribution < -0.4 is 15.4 Å². The third-order valence-electron chi connectivity index (χ3n) is 3.13. The van der Waals surface area contributed by atoms with Crippen molar-refractivity contribution >= 4 is 17.3 Å². The van der Waals surface area contributed by atoms with E-state index in [0.717, 1.165) is 6.07 Å². The summed E-state index contributed by atoms with van der Waals surface area (Å²) in [6, 6.07) is 8.03. The Balaban J connectivity index is 2.12. The van der Waals surface area contributed by atoms with E-state index in [2.05, 4.69) is 4.98 Å². The molecule has 0 amide bonds. The molecule has 2 N–H and O–H groups in total. The maximum absolute atomic E-state index is 14.0. The molecule has 104 valence electrons. The number of nitrogens with zero attached hydrogens (tertiary/aromatic N) is 2. The maximum Gasteiger partial charge on any atom is 0.171 e. The SMILES string of the molecule is Nc1nc(N2CCCOc3ccccc32)c(F)cc1F. The summed E-state index contributed by atoms with van der Waals surface area (Å²) >= 11 is 0. The molecule has 0 unspecified atom stereocenters. The van der Waals surface area contributed by atoms with Gasteiger partial charge in [0.15, 0.2) is 23.3 Å². The van der Waals surface area contributed by atoms with Gasteiger partial charge in [0, 0.05) is 12.6 Å². The van der Waals surface area contributed by atoms with Gasteiger partial charge in [-0.05, 0) is 18.6 Å². The van der Waals surface area contributed by atoms with Crippen molar-refractivity contribution in [1.29, 1.82) is 0 Å². The third kappa shape index (κ3) is 2.13. The van der Waals surface area contributed by atoms with Crippen LogP contribution in [-0.4, -0.2) is 18.1 Å². The van der Waals surface area contributed by atoms with Crippen molar-refractivity contribution in [2.24, 2.45) is 0 Å². The molecule has 2 aromatic rings. The number of nitrogen functional groups attached to an aromatic ring is 1. The van der Waals surface area contributed by atoms with E-state index in [1.165, 1.54) is 0 Å². The summed E-state index contributed by atoms with van der Waals surface area (Å²) < 4.78 is 32.8. The van der Waals surface area contributed by atoms with E-state index in [-0.39, 0.29) is 11.6 Å². The van der Waals surface area contributed by atoms with Gasteiger partial charge in [0.05, 0.1) is 12.3 Å². The summed E-state index contributed by atoms with van der Waals surface area (Å²) in [5.74, 6) is -1.25. The molecular formula is C14H13F2N3O. The summed E-state index contributed by atoms with van der Waals surface area (Å²) in [7, 11) is 0. The molecular weight excluding hydrogens is 264 g/mol. The number of pyridine rings is 1. The van der Waals surface area contributed by atoms with Crippen LogP contribution in [0.2, 0.25) is 0 Å². The number of fused-ring (bicyclic) bond motifs is 1. The van der Waals surface area contributed by atoms with Crippen molar-refractivity contribution in [3.63, 3.8) is 0 Å². The fourth-order valence-corrected chi connectivity index (χ4v) is 2.21. The number of nitrogens with two attached hydrogens (primary N) is 1. The first kappa shape index (κ1) is 12.7. The van der Waals surface area contributed by atoms with Gasteiger partial charge in [0.25, 0.3) is 0 Å². The molecule has 0 saturated heterocycles. The van der Waals surface area contributed by atoms with Crippen LogP contribution in [0.3, 0.4) is 0 Å². The second-order valence-corrected chi connectivity index (χ2v) is 4.48. The van der Waals surface area contributed by atoms with Crippen LogP contribution in [0.1, 0.15) is 6.42 Å². The molecule has 1 aromatic carbocycles. The monoisotopic (exact) mass is 277 g/mol. The van der Waals surface area contributed by atoms with Crippen molar-refractivity contribution in [3.8, 4) is 5.75 Å². The molecule has 1 aliphatic rings. The predicted octanol–water partition coefficient (Wildman–Crippen LogP) is 2.86. The third-order valence-corrected chi connectivity index (χ3v) is 3.13. The number of para-hydroxylation sites is 2. The fourth-order valence-electron chi connectivity index (χ4n) is 2.21. The number of rotatable bonds is 1. The Morgan fingerprint density at radius 2 is 2.00 bits per heavy atom. The quantitative estimate of drug-likeness (QED) is 0.870. The number of hydrogen-bond donors (Lipinski definition) is 1. The van der Waals surface area contributed by atoms with Crippen molar-refractivity contribution in [2.45, 2.75) is 6.42 Å². The Morgan fingerprint density at radius 1 is 1.20 bits per heavy atom. The Morgan fingerprint density at radius 3 is 2.85 bits per heavy atom. The van der Waals surface area contributed by atoms with Gasteiger partial charge in [-0.15, -0.1) is 0 Å². The second kappa shape index (κ2) is 4.96. The lowest BCUT2D eigenvalue weighted by Crippen LogP contribution is -2.21. The van der Waals surface area contributed by atoms with E-state index < -0.39 is 11.6 Å². The predicted molar refractivity (Wildman–Crippen MR) is 72.1 cm³/mol. The maximum atomic E-state index is 14.0. The van der Waals surface area contributed by atoms with Crippen molar-refractivity contribution < 1.29 is 13.5 Å². The van der Waals surface area contributed by atoms with Gasteiger partial charge < -0.3 is 15.4 Å². The Kier molecular flexibility index (Phi) is 3.14. The number of halogens is 2. The minimum atomic E-state index is -0.856. The van der Waals surface area contributed by atoms with Gasteiger partial charge in [0.2, 0.25) is 0 Å². The molecule has 0 aliphatic carbocycles. The minimum absolute atomic E-state index is 0.0156. The van der Waals surface area contributed by atoms with E-state index in [0.29, 0.717) is 31.0 Å². The molecule has 2 heterocycles. The molecule has 0 radical (unpaired) electrons. The average Bonchev–Trinajstić information content (AvgIpc) is 2.65. The molecule has 0 bridgehead atoms. The summed E-state index contributed by atoms with van der Waals surface area (Å²) in [5, 5.41) is 0. The number of hydrogen-bond acceptors (Lipinski definition) is 4. The van der Waals surface area contributed by atoms with Gasteiger partial charge in [-0.1, -0.05) is 12.1 Å².